The number of nitrogens with zero attached hydrogens (tertiary/aromatic N) is 2. The van der Waals surface area contributed by atoms with Gasteiger partial charge in [0.05, 0.1) is 11.3 Å². The Balaban J connectivity index is 2.14. The second-order valence-electron chi connectivity index (χ2n) is 6.41. The average Bonchev–Trinajstić information content (AvgIpc) is 2.58. The Morgan fingerprint density at radius 3 is 2.56 bits per heavy atom. The summed E-state index contributed by atoms with van der Waals surface area (Å²) in [7, 11) is 0. The topological polar surface area (TPSA) is 95.4 Å². The van der Waals surface area contributed by atoms with Crippen LogP contribution in [0.15, 0.2) is 33.9 Å². The minimum atomic E-state index is -1.29. The van der Waals surface area contributed by atoms with Gasteiger partial charge < -0.3 is 10.1 Å². The number of aromatic amines is 1. The second-order valence-corrected chi connectivity index (χ2v) is 6.41. The van der Waals surface area contributed by atoms with Crippen LogP contribution in [0.5, 0.6) is 0 Å². The van der Waals surface area contributed by atoms with Crippen molar-refractivity contribution in [2.75, 3.05) is 13.1 Å². The van der Waals surface area contributed by atoms with Crippen molar-refractivity contribution in [2.45, 2.75) is 32.7 Å². The van der Waals surface area contributed by atoms with Crippen LogP contribution in [0.1, 0.15) is 40.9 Å². The molecule has 1 aromatic carbocycles. The maximum absolute atomic E-state index is 13.0. The van der Waals surface area contributed by atoms with Crippen LogP contribution in [0.3, 0.4) is 0 Å². The Bertz CT molecular complexity index is 907. The van der Waals surface area contributed by atoms with E-state index in [9.17, 15) is 19.5 Å². The Morgan fingerprint density at radius 2 is 1.92 bits per heavy atom. The minimum Gasteiger partial charge on any atom is -0.477 e. The van der Waals surface area contributed by atoms with Gasteiger partial charge in [0.15, 0.2) is 0 Å². The number of H-pyrrole nitrogens is 1. The summed E-state index contributed by atoms with van der Waals surface area (Å²) in [5, 5.41) is 9.41. The standard InChI is InChI=1S/C18H21N3O4/c1-12-6-5-7-13(10-12)21-16(22)14(11-20-8-3-2-4-9-20)15(17(23)24)19-18(21)25/h5-7,10H,2-4,8-9,11H2,1H3,(H,19,25)(H,23,24). The molecule has 0 spiro atoms. The molecular formula is C18H21N3O4. The first-order chi connectivity index (χ1) is 12.0. The number of piperidine rings is 1. The summed E-state index contributed by atoms with van der Waals surface area (Å²) in [5.74, 6) is -1.29. The van der Waals surface area contributed by atoms with Gasteiger partial charge in [0, 0.05) is 6.54 Å². The smallest absolute Gasteiger partial charge is 0.352 e. The maximum atomic E-state index is 13.0. The number of aryl methyl sites for hydroxylation is 1. The van der Waals surface area contributed by atoms with Crippen molar-refractivity contribution in [3.8, 4) is 5.69 Å². The van der Waals surface area contributed by atoms with Crippen LogP contribution in [-0.4, -0.2) is 38.6 Å². The van der Waals surface area contributed by atoms with Crippen LogP contribution in [0, 0.1) is 6.92 Å². The molecule has 0 amide bonds. The monoisotopic (exact) mass is 343 g/mol. The molecule has 2 N–H and O–H groups in total. The number of hydrogen-bond acceptors (Lipinski definition) is 4. The Hall–Kier alpha value is -2.67. The van der Waals surface area contributed by atoms with E-state index in [1.807, 2.05) is 13.0 Å². The Kier molecular flexibility index (Phi) is 4.85. The summed E-state index contributed by atoms with van der Waals surface area (Å²) < 4.78 is 1.01. The van der Waals surface area contributed by atoms with Crippen molar-refractivity contribution in [1.82, 2.24) is 14.5 Å². The van der Waals surface area contributed by atoms with E-state index in [0.717, 1.165) is 42.5 Å². The number of rotatable bonds is 4. The number of aromatic nitrogens is 2. The highest BCUT2D eigenvalue weighted by molar-refractivity contribution is 5.86. The van der Waals surface area contributed by atoms with Crippen LogP contribution in [0.2, 0.25) is 0 Å². The molecule has 1 saturated heterocycles. The summed E-state index contributed by atoms with van der Waals surface area (Å²) in [6, 6.07) is 7.01. The van der Waals surface area contributed by atoms with Gasteiger partial charge in [0.2, 0.25) is 0 Å². The summed E-state index contributed by atoms with van der Waals surface area (Å²) in [6.07, 6.45) is 3.19. The largest absolute Gasteiger partial charge is 0.477 e. The van der Waals surface area contributed by atoms with Gasteiger partial charge in [-0.3, -0.25) is 9.69 Å². The lowest BCUT2D eigenvalue weighted by atomic mass is 10.1. The summed E-state index contributed by atoms with van der Waals surface area (Å²) >= 11 is 0. The molecule has 25 heavy (non-hydrogen) atoms. The predicted octanol–water partition coefficient (Wildman–Crippen LogP) is 1.52. The van der Waals surface area contributed by atoms with Crippen LogP contribution in [0.4, 0.5) is 0 Å². The fraction of sp³-hybridized carbons (Fsp3) is 0.389. The number of carboxylic acids is 1. The molecule has 1 fully saturated rings. The van der Waals surface area contributed by atoms with Crippen molar-refractivity contribution in [3.63, 3.8) is 0 Å². The highest BCUT2D eigenvalue weighted by Crippen LogP contribution is 2.13. The van der Waals surface area contributed by atoms with E-state index in [2.05, 4.69) is 9.88 Å². The van der Waals surface area contributed by atoms with Gasteiger partial charge in [-0.15, -0.1) is 0 Å². The van der Waals surface area contributed by atoms with Crippen LogP contribution >= 0.6 is 0 Å². The highest BCUT2D eigenvalue weighted by atomic mass is 16.4. The van der Waals surface area contributed by atoms with Gasteiger partial charge in [-0.1, -0.05) is 18.6 Å². The summed E-state index contributed by atoms with van der Waals surface area (Å²) in [4.78, 5) is 41.3. The quantitative estimate of drug-likeness (QED) is 0.877. The zero-order valence-electron chi connectivity index (χ0n) is 14.1. The molecule has 3 rings (SSSR count). The SMILES string of the molecule is Cc1cccc(-n2c(=O)[nH]c(C(=O)O)c(CN3CCCCC3)c2=O)c1. The molecule has 2 aromatic rings. The first kappa shape index (κ1) is 17.2. The molecule has 0 bridgehead atoms. The number of hydrogen-bond donors (Lipinski definition) is 2. The molecule has 7 heteroatoms. The summed E-state index contributed by atoms with van der Waals surface area (Å²) in [6.45, 7) is 3.73. The van der Waals surface area contributed by atoms with Crippen molar-refractivity contribution in [3.05, 3.63) is 61.9 Å². The zero-order chi connectivity index (χ0) is 18.0. The summed E-state index contributed by atoms with van der Waals surface area (Å²) in [5.41, 5.74) is -0.167. The van der Waals surface area contributed by atoms with Crippen LogP contribution in [-0.2, 0) is 6.54 Å². The maximum Gasteiger partial charge on any atom is 0.352 e. The van der Waals surface area contributed by atoms with Gasteiger partial charge in [-0.2, -0.15) is 0 Å². The molecule has 132 valence electrons. The molecule has 0 radical (unpaired) electrons. The lowest BCUT2D eigenvalue weighted by Gasteiger charge is -2.26. The third kappa shape index (κ3) is 3.56. The second kappa shape index (κ2) is 7.06. The normalized spacial score (nSPS) is 15.2. The number of carbonyl (C=O) groups is 1. The number of likely N-dealkylation sites (tertiary alicyclic amines) is 1. The minimum absolute atomic E-state index is 0.121. The van der Waals surface area contributed by atoms with Gasteiger partial charge in [-0.05, 0) is 50.6 Å². The van der Waals surface area contributed by atoms with E-state index in [4.69, 9.17) is 0 Å². The predicted molar refractivity (Wildman–Crippen MR) is 93.5 cm³/mol. The van der Waals surface area contributed by atoms with Crippen molar-refractivity contribution >= 4 is 5.97 Å². The number of benzene rings is 1. The average molecular weight is 343 g/mol. The van der Waals surface area contributed by atoms with Crippen molar-refractivity contribution < 1.29 is 9.90 Å². The number of aromatic carboxylic acids is 1. The van der Waals surface area contributed by atoms with Crippen LogP contribution < -0.4 is 11.2 Å². The molecule has 1 aliphatic rings. The fourth-order valence-electron chi connectivity index (χ4n) is 3.24. The van der Waals surface area contributed by atoms with E-state index in [0.29, 0.717) is 5.69 Å². The molecule has 0 unspecified atom stereocenters. The third-order valence-electron chi connectivity index (χ3n) is 4.50. The van der Waals surface area contributed by atoms with Gasteiger partial charge >= 0.3 is 11.7 Å². The van der Waals surface area contributed by atoms with E-state index in [1.54, 1.807) is 18.2 Å². The molecule has 0 atom stereocenters. The van der Waals surface area contributed by atoms with Crippen LogP contribution in [0.25, 0.3) is 5.69 Å². The highest BCUT2D eigenvalue weighted by Gasteiger charge is 2.22. The molecule has 1 aromatic heterocycles. The Morgan fingerprint density at radius 1 is 1.20 bits per heavy atom. The van der Waals surface area contributed by atoms with Crippen molar-refractivity contribution in [1.29, 1.82) is 0 Å². The van der Waals surface area contributed by atoms with E-state index in [1.165, 1.54) is 0 Å². The Labute approximate surface area is 144 Å². The molecule has 1 aliphatic heterocycles. The first-order valence-corrected chi connectivity index (χ1v) is 8.38. The van der Waals surface area contributed by atoms with Gasteiger partial charge in [0.1, 0.15) is 5.69 Å². The third-order valence-corrected chi connectivity index (χ3v) is 4.50. The fourth-order valence-corrected chi connectivity index (χ4v) is 3.24. The van der Waals surface area contributed by atoms with E-state index >= 15 is 0 Å². The number of carboxylic acid groups (broad SMARTS) is 1. The van der Waals surface area contributed by atoms with E-state index < -0.39 is 17.2 Å². The van der Waals surface area contributed by atoms with Gasteiger partial charge in [0.25, 0.3) is 5.56 Å². The molecule has 2 heterocycles. The molecule has 0 aliphatic carbocycles. The molecular weight excluding hydrogens is 322 g/mol. The van der Waals surface area contributed by atoms with Crippen molar-refractivity contribution in [2.24, 2.45) is 0 Å². The first-order valence-electron chi connectivity index (χ1n) is 8.38. The lowest BCUT2D eigenvalue weighted by Crippen LogP contribution is -2.41. The molecule has 7 nitrogen and oxygen atoms in total. The van der Waals surface area contributed by atoms with Gasteiger partial charge in [-0.25, -0.2) is 14.2 Å². The van der Waals surface area contributed by atoms with E-state index in [-0.39, 0.29) is 17.8 Å². The lowest BCUT2D eigenvalue weighted by molar-refractivity contribution is 0.0686. The number of nitrogens with one attached hydrogen (secondary N) is 1. The zero-order valence-corrected chi connectivity index (χ0v) is 14.1. The molecule has 0 saturated carbocycles.